The molecule has 2 rings (SSSR count). The van der Waals surface area contributed by atoms with Crippen LogP contribution >= 0.6 is 0 Å². The Morgan fingerprint density at radius 2 is 2.33 bits per heavy atom. The molecule has 1 aliphatic rings. The zero-order chi connectivity index (χ0) is 8.39. The molecular formula is C8H10N4. The Bertz CT molecular complexity index is 396. The van der Waals surface area contributed by atoms with Gasteiger partial charge in [-0.25, -0.2) is 9.97 Å². The summed E-state index contributed by atoms with van der Waals surface area (Å²) in [6.07, 6.45) is 4.64. The number of hydrogen-bond acceptors (Lipinski definition) is 4. The average molecular weight is 162 g/mol. The molecule has 1 N–H and O–H groups in total. The van der Waals surface area contributed by atoms with E-state index in [1.54, 1.807) is 0 Å². The molecule has 0 aromatic carbocycles. The van der Waals surface area contributed by atoms with Gasteiger partial charge in [0, 0.05) is 13.6 Å². The van der Waals surface area contributed by atoms with E-state index in [2.05, 4.69) is 26.4 Å². The maximum Gasteiger partial charge on any atom is 0.159 e. The van der Waals surface area contributed by atoms with Crippen LogP contribution in [0.25, 0.3) is 6.08 Å². The molecule has 0 amide bonds. The fraction of sp³-hybridized carbons (Fsp3) is 0.375. The van der Waals surface area contributed by atoms with Crippen LogP contribution in [0.1, 0.15) is 6.42 Å². The molecule has 0 saturated carbocycles. The van der Waals surface area contributed by atoms with Gasteiger partial charge in [-0.3, -0.25) is 4.99 Å². The second-order valence-corrected chi connectivity index (χ2v) is 2.58. The van der Waals surface area contributed by atoms with E-state index in [0.717, 1.165) is 29.5 Å². The van der Waals surface area contributed by atoms with Crippen LogP contribution in [0, 0.1) is 0 Å². The standard InChI is InChI=1S/C8H10N4/c1-9-7-6-3-2-4-10-8(6)12-5-11-7/h3,5H,2,4H2,1H3,(H,9,10,11,12). The smallest absolute Gasteiger partial charge is 0.159 e. The first-order chi connectivity index (χ1) is 5.92. The Morgan fingerprint density at radius 3 is 3.17 bits per heavy atom. The molecular weight excluding hydrogens is 152 g/mol. The zero-order valence-electron chi connectivity index (χ0n) is 6.91. The quantitative estimate of drug-likeness (QED) is 0.595. The third-order valence-corrected chi connectivity index (χ3v) is 1.84. The van der Waals surface area contributed by atoms with Gasteiger partial charge in [-0.05, 0) is 6.42 Å². The number of anilines is 1. The summed E-state index contributed by atoms with van der Waals surface area (Å²) in [4.78, 5) is 12.5. The maximum atomic E-state index is 4.28. The van der Waals surface area contributed by atoms with Crippen molar-refractivity contribution in [2.75, 3.05) is 18.9 Å². The molecule has 0 atom stereocenters. The molecule has 0 bridgehead atoms. The topological polar surface area (TPSA) is 50.2 Å². The summed E-state index contributed by atoms with van der Waals surface area (Å²) < 4.78 is 0. The lowest BCUT2D eigenvalue weighted by atomic mass is 10.3. The maximum absolute atomic E-state index is 4.28. The van der Waals surface area contributed by atoms with E-state index in [9.17, 15) is 0 Å². The van der Waals surface area contributed by atoms with Crippen molar-refractivity contribution in [2.45, 2.75) is 6.42 Å². The van der Waals surface area contributed by atoms with Crippen LogP contribution in [-0.4, -0.2) is 23.6 Å². The summed E-state index contributed by atoms with van der Waals surface area (Å²) in [5.41, 5.74) is 0.806. The normalized spacial score (nSPS) is 14.1. The molecule has 12 heavy (non-hydrogen) atoms. The summed E-state index contributed by atoms with van der Waals surface area (Å²) >= 11 is 0. The van der Waals surface area contributed by atoms with E-state index >= 15 is 0 Å². The molecule has 0 saturated heterocycles. The number of nitrogens with one attached hydrogen (secondary N) is 1. The third-order valence-electron chi connectivity index (χ3n) is 1.84. The van der Waals surface area contributed by atoms with Crippen molar-refractivity contribution >= 4 is 11.9 Å². The number of aromatic nitrogens is 2. The highest BCUT2D eigenvalue weighted by atomic mass is 15.0. The Hall–Kier alpha value is -1.45. The van der Waals surface area contributed by atoms with Gasteiger partial charge in [0.25, 0.3) is 0 Å². The first-order valence-electron chi connectivity index (χ1n) is 3.95. The van der Waals surface area contributed by atoms with Gasteiger partial charge in [-0.1, -0.05) is 6.08 Å². The summed E-state index contributed by atoms with van der Waals surface area (Å²) in [5, 5.41) is 4.05. The third kappa shape index (κ3) is 1.05. The minimum atomic E-state index is 0.806. The summed E-state index contributed by atoms with van der Waals surface area (Å²) in [5.74, 6) is 0.864. The molecule has 0 unspecified atom stereocenters. The van der Waals surface area contributed by atoms with Crippen molar-refractivity contribution in [3.05, 3.63) is 17.0 Å². The lowest BCUT2D eigenvalue weighted by molar-refractivity contribution is 0.902. The molecule has 2 heterocycles. The Labute approximate surface area is 70.1 Å². The van der Waals surface area contributed by atoms with Gasteiger partial charge in [0.15, 0.2) is 5.49 Å². The summed E-state index contributed by atoms with van der Waals surface area (Å²) in [7, 11) is 1.85. The lowest BCUT2D eigenvalue weighted by Gasteiger charge is -2.02. The number of fused-ring (bicyclic) bond motifs is 1. The molecule has 0 aliphatic carbocycles. The van der Waals surface area contributed by atoms with Crippen LogP contribution in [0.3, 0.4) is 0 Å². The van der Waals surface area contributed by atoms with Gasteiger partial charge in [0.05, 0.1) is 5.22 Å². The number of nitrogens with zero attached hydrogens (tertiary/aromatic N) is 3. The monoisotopic (exact) mass is 162 g/mol. The average Bonchev–Trinajstić information content (AvgIpc) is 2.17. The van der Waals surface area contributed by atoms with Crippen LogP contribution in [-0.2, 0) is 0 Å². The summed E-state index contributed by atoms with van der Waals surface area (Å²) in [6.45, 7) is 0.840. The van der Waals surface area contributed by atoms with Gasteiger partial charge in [-0.15, -0.1) is 0 Å². The Morgan fingerprint density at radius 1 is 1.42 bits per heavy atom. The molecule has 1 aromatic heterocycles. The second kappa shape index (κ2) is 2.89. The Balaban J connectivity index is 2.77. The molecule has 0 radical (unpaired) electrons. The molecule has 1 aromatic rings. The zero-order valence-corrected chi connectivity index (χ0v) is 6.91. The minimum absolute atomic E-state index is 0.806. The van der Waals surface area contributed by atoms with E-state index in [-0.39, 0.29) is 0 Å². The number of rotatable bonds is 1. The molecule has 62 valence electrons. The first-order valence-corrected chi connectivity index (χ1v) is 3.95. The van der Waals surface area contributed by atoms with Crippen molar-refractivity contribution < 1.29 is 0 Å². The van der Waals surface area contributed by atoms with Crippen molar-refractivity contribution in [2.24, 2.45) is 4.99 Å². The van der Waals surface area contributed by atoms with E-state index < -0.39 is 0 Å². The largest absolute Gasteiger partial charge is 0.372 e. The SMILES string of the molecule is CNc1ncnc2c1=CCCN=2. The first kappa shape index (κ1) is 7.21. The predicted octanol–water partition coefficient (Wildman–Crippen LogP) is -0.678. The highest BCUT2D eigenvalue weighted by Gasteiger charge is 2.00. The molecule has 4 heteroatoms. The van der Waals surface area contributed by atoms with E-state index in [1.165, 1.54) is 6.33 Å². The van der Waals surface area contributed by atoms with Crippen LogP contribution < -0.4 is 16.0 Å². The molecule has 4 nitrogen and oxygen atoms in total. The predicted molar refractivity (Wildman–Crippen MR) is 46.3 cm³/mol. The molecule has 0 spiro atoms. The Kier molecular flexibility index (Phi) is 1.74. The van der Waals surface area contributed by atoms with Crippen molar-refractivity contribution in [3.63, 3.8) is 0 Å². The van der Waals surface area contributed by atoms with Crippen LogP contribution in [0.15, 0.2) is 11.3 Å². The lowest BCUT2D eigenvalue weighted by Crippen LogP contribution is -2.34. The van der Waals surface area contributed by atoms with Crippen LogP contribution in [0.4, 0.5) is 5.82 Å². The van der Waals surface area contributed by atoms with E-state index in [4.69, 9.17) is 0 Å². The van der Waals surface area contributed by atoms with Gasteiger partial charge < -0.3 is 5.32 Å². The van der Waals surface area contributed by atoms with Crippen molar-refractivity contribution in [1.82, 2.24) is 9.97 Å². The highest BCUT2D eigenvalue weighted by molar-refractivity contribution is 5.41. The number of hydrogen-bond donors (Lipinski definition) is 1. The summed E-state index contributed by atoms with van der Waals surface area (Å²) in [6, 6.07) is 0. The van der Waals surface area contributed by atoms with Crippen LogP contribution in [0.2, 0.25) is 0 Å². The van der Waals surface area contributed by atoms with E-state index in [1.807, 2.05) is 7.05 Å². The van der Waals surface area contributed by atoms with Crippen LogP contribution in [0.5, 0.6) is 0 Å². The van der Waals surface area contributed by atoms with Gasteiger partial charge in [0.1, 0.15) is 12.1 Å². The van der Waals surface area contributed by atoms with E-state index in [0.29, 0.717) is 0 Å². The second-order valence-electron chi connectivity index (χ2n) is 2.58. The van der Waals surface area contributed by atoms with Gasteiger partial charge >= 0.3 is 0 Å². The van der Waals surface area contributed by atoms with Gasteiger partial charge in [0.2, 0.25) is 0 Å². The fourth-order valence-corrected chi connectivity index (χ4v) is 1.28. The fourth-order valence-electron chi connectivity index (χ4n) is 1.28. The molecule has 1 aliphatic heterocycles. The minimum Gasteiger partial charge on any atom is -0.372 e. The van der Waals surface area contributed by atoms with Crippen molar-refractivity contribution in [3.8, 4) is 0 Å². The highest BCUT2D eigenvalue weighted by Crippen LogP contribution is 1.90. The van der Waals surface area contributed by atoms with Gasteiger partial charge in [-0.2, -0.15) is 0 Å². The van der Waals surface area contributed by atoms with Crippen molar-refractivity contribution in [1.29, 1.82) is 0 Å². The molecule has 0 fully saturated rings.